The molecule has 1 aliphatic heterocycles. The van der Waals surface area contributed by atoms with Gasteiger partial charge in [0.05, 0.1) is 5.56 Å². The lowest BCUT2D eigenvalue weighted by Gasteiger charge is -2.04. The first-order valence-electron chi connectivity index (χ1n) is 4.64. The van der Waals surface area contributed by atoms with Crippen LogP contribution >= 0.6 is 0 Å². The van der Waals surface area contributed by atoms with Gasteiger partial charge in [0.1, 0.15) is 5.52 Å². The molecule has 0 unspecified atom stereocenters. The topological polar surface area (TPSA) is 43.1 Å². The minimum Gasteiger partial charge on any atom is -0.356 e. The summed E-state index contributed by atoms with van der Waals surface area (Å²) in [4.78, 5) is 11.7. The van der Waals surface area contributed by atoms with Crippen molar-refractivity contribution in [3.05, 3.63) is 52.7 Å². The molecule has 2 aliphatic rings. The standard InChI is InChI=1S/C12H7NO2/c14-10-6-3-7-11-12(10)8-4-1-2-5-9(8)13-15-11/h1-7H. The van der Waals surface area contributed by atoms with Crippen molar-refractivity contribution in [1.29, 1.82) is 0 Å². The Morgan fingerprint density at radius 3 is 2.80 bits per heavy atom. The molecule has 1 aromatic rings. The Bertz CT molecular complexity index is 657. The number of benzene rings is 2. The maximum atomic E-state index is 11.7. The van der Waals surface area contributed by atoms with Crippen LogP contribution in [0.15, 0.2) is 51.8 Å². The predicted octanol–water partition coefficient (Wildman–Crippen LogP) is 2.29. The summed E-state index contributed by atoms with van der Waals surface area (Å²) in [6.45, 7) is 0. The predicted molar refractivity (Wildman–Crippen MR) is 56.9 cm³/mol. The molecule has 0 radical (unpaired) electrons. The van der Waals surface area contributed by atoms with Gasteiger partial charge in [-0.2, -0.15) is 0 Å². The largest absolute Gasteiger partial charge is 0.356 e. The second-order valence-electron chi connectivity index (χ2n) is 3.33. The summed E-state index contributed by atoms with van der Waals surface area (Å²) >= 11 is 0. The number of hydrogen-bond donors (Lipinski definition) is 0. The molecule has 15 heavy (non-hydrogen) atoms. The van der Waals surface area contributed by atoms with Crippen LogP contribution in [0.2, 0.25) is 0 Å². The van der Waals surface area contributed by atoms with E-state index in [1.54, 1.807) is 12.1 Å². The lowest BCUT2D eigenvalue weighted by Crippen LogP contribution is -2.04. The van der Waals surface area contributed by atoms with E-state index in [2.05, 4.69) is 5.16 Å². The Morgan fingerprint density at radius 2 is 1.87 bits per heavy atom. The Labute approximate surface area is 85.3 Å². The Kier molecular flexibility index (Phi) is 1.59. The molecule has 0 amide bonds. The van der Waals surface area contributed by atoms with Crippen molar-refractivity contribution in [2.24, 2.45) is 0 Å². The van der Waals surface area contributed by atoms with Gasteiger partial charge in [0.25, 0.3) is 0 Å². The van der Waals surface area contributed by atoms with Gasteiger partial charge in [-0.15, -0.1) is 0 Å². The highest BCUT2D eigenvalue weighted by molar-refractivity contribution is 5.92. The number of nitrogens with zero attached hydrogens (tertiary/aromatic N) is 1. The number of fused-ring (bicyclic) bond motifs is 3. The van der Waals surface area contributed by atoms with Crippen LogP contribution in [0.1, 0.15) is 0 Å². The lowest BCUT2D eigenvalue weighted by atomic mass is 10.1. The van der Waals surface area contributed by atoms with Crippen molar-refractivity contribution in [1.82, 2.24) is 5.16 Å². The van der Waals surface area contributed by atoms with Crippen LogP contribution in [0.4, 0.5) is 0 Å². The Balaban J connectivity index is 2.63. The molecule has 1 aromatic carbocycles. The smallest absolute Gasteiger partial charge is 0.190 e. The highest BCUT2D eigenvalue weighted by Gasteiger charge is 2.12. The first-order valence-corrected chi connectivity index (χ1v) is 4.64. The van der Waals surface area contributed by atoms with E-state index in [-0.39, 0.29) is 5.43 Å². The van der Waals surface area contributed by atoms with Gasteiger partial charge in [0, 0.05) is 5.39 Å². The van der Waals surface area contributed by atoms with Gasteiger partial charge >= 0.3 is 0 Å². The molecule has 0 saturated heterocycles. The maximum Gasteiger partial charge on any atom is 0.190 e. The summed E-state index contributed by atoms with van der Waals surface area (Å²) in [5.41, 5.74) is 1.27. The fraction of sp³-hybridized carbons (Fsp3) is 0. The highest BCUT2D eigenvalue weighted by atomic mass is 16.5. The summed E-state index contributed by atoms with van der Waals surface area (Å²) in [5, 5.41) is 4.77. The van der Waals surface area contributed by atoms with Crippen LogP contribution in [0, 0.1) is 0 Å². The van der Waals surface area contributed by atoms with E-state index < -0.39 is 0 Å². The molecule has 0 saturated carbocycles. The molecule has 0 aromatic heterocycles. The van der Waals surface area contributed by atoms with E-state index in [4.69, 9.17) is 4.52 Å². The van der Waals surface area contributed by atoms with Crippen molar-refractivity contribution in [3.8, 4) is 11.3 Å². The van der Waals surface area contributed by atoms with Gasteiger partial charge in [-0.1, -0.05) is 29.4 Å². The number of hydrogen-bond acceptors (Lipinski definition) is 3. The molecule has 0 atom stereocenters. The van der Waals surface area contributed by atoms with E-state index in [0.717, 1.165) is 5.39 Å². The highest BCUT2D eigenvalue weighted by Crippen LogP contribution is 2.25. The quantitative estimate of drug-likeness (QED) is 0.519. The van der Waals surface area contributed by atoms with E-state index in [0.29, 0.717) is 16.8 Å². The van der Waals surface area contributed by atoms with Crippen molar-refractivity contribution in [2.75, 3.05) is 0 Å². The second-order valence-corrected chi connectivity index (χ2v) is 3.33. The summed E-state index contributed by atoms with van der Waals surface area (Å²) < 4.78 is 5.16. The minimum atomic E-state index is -0.0325. The van der Waals surface area contributed by atoms with Crippen molar-refractivity contribution >= 4 is 10.9 Å². The van der Waals surface area contributed by atoms with E-state index >= 15 is 0 Å². The van der Waals surface area contributed by atoms with Crippen LogP contribution < -0.4 is 5.43 Å². The van der Waals surface area contributed by atoms with Crippen LogP contribution in [0.3, 0.4) is 0 Å². The van der Waals surface area contributed by atoms with Gasteiger partial charge in [-0.25, -0.2) is 0 Å². The number of rotatable bonds is 0. The number of aromatic nitrogens is 1. The van der Waals surface area contributed by atoms with E-state index in [9.17, 15) is 4.79 Å². The summed E-state index contributed by atoms with van der Waals surface area (Å²) in [6.07, 6.45) is 0. The zero-order chi connectivity index (χ0) is 10.3. The molecule has 3 rings (SSSR count). The SMILES string of the molecule is O=c1cccc2onc3ccccc3c1-2. The molecule has 0 fully saturated rings. The van der Waals surface area contributed by atoms with Crippen molar-refractivity contribution in [2.45, 2.75) is 0 Å². The average Bonchev–Trinajstić information content (AvgIpc) is 2.29. The van der Waals surface area contributed by atoms with Gasteiger partial charge in [0.15, 0.2) is 11.2 Å². The Morgan fingerprint density at radius 1 is 1.00 bits per heavy atom. The van der Waals surface area contributed by atoms with Gasteiger partial charge in [-0.05, 0) is 18.2 Å². The minimum absolute atomic E-state index is 0.0325. The van der Waals surface area contributed by atoms with Crippen LogP contribution in [-0.4, -0.2) is 5.16 Å². The molecule has 72 valence electrons. The first kappa shape index (κ1) is 8.17. The van der Waals surface area contributed by atoms with E-state index in [1.165, 1.54) is 6.07 Å². The van der Waals surface area contributed by atoms with Crippen LogP contribution in [-0.2, 0) is 0 Å². The van der Waals surface area contributed by atoms with Gasteiger partial charge in [-0.3, -0.25) is 4.79 Å². The monoisotopic (exact) mass is 197 g/mol. The third-order valence-corrected chi connectivity index (χ3v) is 2.40. The zero-order valence-corrected chi connectivity index (χ0v) is 7.81. The van der Waals surface area contributed by atoms with Gasteiger partial charge < -0.3 is 4.52 Å². The Hall–Kier alpha value is -2.16. The average molecular weight is 197 g/mol. The second kappa shape index (κ2) is 2.92. The zero-order valence-electron chi connectivity index (χ0n) is 7.81. The summed E-state index contributed by atoms with van der Waals surface area (Å²) in [6, 6.07) is 12.4. The maximum absolute atomic E-state index is 11.7. The fourth-order valence-electron chi connectivity index (χ4n) is 1.72. The van der Waals surface area contributed by atoms with Crippen molar-refractivity contribution < 1.29 is 4.52 Å². The lowest BCUT2D eigenvalue weighted by molar-refractivity contribution is 0.425. The molecule has 1 aliphatic carbocycles. The third kappa shape index (κ3) is 1.13. The molecule has 0 bridgehead atoms. The summed E-state index contributed by atoms with van der Waals surface area (Å²) in [5.74, 6) is 0.529. The fourth-order valence-corrected chi connectivity index (χ4v) is 1.72. The molecule has 1 heterocycles. The molecule has 0 N–H and O–H groups in total. The molecule has 3 heteroatoms. The van der Waals surface area contributed by atoms with Crippen LogP contribution in [0.5, 0.6) is 0 Å². The summed E-state index contributed by atoms with van der Waals surface area (Å²) in [7, 11) is 0. The van der Waals surface area contributed by atoms with E-state index in [1.807, 2.05) is 24.3 Å². The first-order chi connectivity index (χ1) is 7.36. The third-order valence-electron chi connectivity index (χ3n) is 2.40. The molecule has 0 spiro atoms. The van der Waals surface area contributed by atoms with Crippen molar-refractivity contribution in [3.63, 3.8) is 0 Å². The van der Waals surface area contributed by atoms with Gasteiger partial charge in [0.2, 0.25) is 0 Å². The molecule has 3 nitrogen and oxygen atoms in total. The van der Waals surface area contributed by atoms with Crippen LogP contribution in [0.25, 0.3) is 22.2 Å². The molecular formula is C12H7NO2. The normalized spacial score (nSPS) is 10.9. The molecular weight excluding hydrogens is 190 g/mol.